The van der Waals surface area contributed by atoms with Gasteiger partial charge in [0, 0.05) is 42.0 Å². The Kier molecular flexibility index (Phi) is 9.67. The number of methoxy groups -OCH3 is 1. The second-order valence-electron chi connectivity index (χ2n) is 11.1. The van der Waals surface area contributed by atoms with Gasteiger partial charge < -0.3 is 24.7 Å². The zero-order valence-electron chi connectivity index (χ0n) is 26.4. The zero-order valence-corrected chi connectivity index (χ0v) is 28.0. The van der Waals surface area contributed by atoms with E-state index in [0.29, 0.717) is 4.88 Å². The molecular weight excluding hydrogens is 667 g/mol. The molecule has 3 heterocycles. The highest BCUT2D eigenvalue weighted by molar-refractivity contribution is 8.00. The molecule has 2 amide bonds. The van der Waals surface area contributed by atoms with Crippen LogP contribution < -0.4 is 5.32 Å². The van der Waals surface area contributed by atoms with Gasteiger partial charge in [-0.2, -0.15) is 0 Å². The molecule has 11 nitrogen and oxygen atoms in total. The van der Waals surface area contributed by atoms with E-state index in [1.165, 1.54) is 37.1 Å². The number of amides is 2. The highest BCUT2D eigenvalue weighted by Gasteiger charge is 2.67. The van der Waals surface area contributed by atoms with Crippen molar-refractivity contribution >= 4 is 52.6 Å². The highest BCUT2D eigenvalue weighted by atomic mass is 32.2. The smallest absolute Gasteiger partial charge is 0.352 e. The highest BCUT2D eigenvalue weighted by Crippen LogP contribution is 2.47. The van der Waals surface area contributed by atoms with Crippen molar-refractivity contribution in [1.82, 2.24) is 10.2 Å². The summed E-state index contributed by atoms with van der Waals surface area (Å²) in [6.45, 7) is 0.922. The number of carboxylic acid groups (broad SMARTS) is 1. The summed E-state index contributed by atoms with van der Waals surface area (Å²) in [5.74, 6) is -3.40. The molecule has 2 aliphatic rings. The van der Waals surface area contributed by atoms with Gasteiger partial charge in [-0.1, -0.05) is 102 Å². The van der Waals surface area contributed by atoms with Crippen molar-refractivity contribution in [2.75, 3.05) is 19.5 Å². The standard InChI is InChI=1S/C36H31N3O8S2/c1-23(40)46-21-24-22-49-34-36(45-2,33(44)39(34)30(24)32(42)43)37-31(41)29(28-19-12-20-48-28)38-47-35(25-13-6-3-7-14-25,26-15-8-4-9-16-26)27-17-10-5-11-18-27/h3-20,34H,21-22H2,1-2H3,(H,37,41)(H,42,43)/t34-,36-/m1/s1. The summed E-state index contributed by atoms with van der Waals surface area (Å²) in [6.07, 6.45) is 0. The molecule has 1 aromatic heterocycles. The Hall–Kier alpha value is -5.24. The minimum absolute atomic E-state index is 0.116. The predicted octanol–water partition coefficient (Wildman–Crippen LogP) is 4.74. The van der Waals surface area contributed by atoms with E-state index >= 15 is 0 Å². The first-order valence-corrected chi connectivity index (χ1v) is 17.0. The fourth-order valence-electron chi connectivity index (χ4n) is 5.87. The largest absolute Gasteiger partial charge is 0.477 e. The minimum atomic E-state index is -1.91. The van der Waals surface area contributed by atoms with Crippen LogP contribution in [0.3, 0.4) is 0 Å². The second kappa shape index (κ2) is 14.1. The van der Waals surface area contributed by atoms with Gasteiger partial charge in [0.1, 0.15) is 17.7 Å². The normalized spacial score (nSPS) is 19.1. The molecule has 3 aromatic carbocycles. The summed E-state index contributed by atoms with van der Waals surface area (Å²) in [7, 11) is 1.26. The molecule has 1 saturated heterocycles. The van der Waals surface area contributed by atoms with Crippen molar-refractivity contribution in [1.29, 1.82) is 0 Å². The summed E-state index contributed by atoms with van der Waals surface area (Å²) in [6, 6.07) is 32.1. The Morgan fingerprint density at radius 3 is 1.98 bits per heavy atom. The summed E-state index contributed by atoms with van der Waals surface area (Å²) >= 11 is 2.43. The lowest BCUT2D eigenvalue weighted by Gasteiger charge is -2.55. The molecule has 1 fully saturated rings. The number of aliphatic carboxylic acids is 1. The van der Waals surface area contributed by atoms with Gasteiger partial charge in [0.25, 0.3) is 17.5 Å². The second-order valence-corrected chi connectivity index (χ2v) is 13.1. The van der Waals surface area contributed by atoms with E-state index in [4.69, 9.17) is 14.3 Å². The number of nitrogens with zero attached hydrogens (tertiary/aromatic N) is 2. The number of fused-ring (bicyclic) bond motifs is 1. The van der Waals surface area contributed by atoms with Gasteiger partial charge >= 0.3 is 11.9 Å². The number of thiophene rings is 1. The maximum Gasteiger partial charge on any atom is 0.352 e. The number of hydrogen-bond donors (Lipinski definition) is 2. The van der Waals surface area contributed by atoms with Gasteiger partial charge in [0.2, 0.25) is 5.60 Å². The van der Waals surface area contributed by atoms with Crippen LogP contribution in [0.25, 0.3) is 0 Å². The van der Waals surface area contributed by atoms with Gasteiger partial charge in [0.15, 0.2) is 5.71 Å². The number of carbonyl (C=O) groups excluding carboxylic acids is 3. The van der Waals surface area contributed by atoms with Crippen LogP contribution in [0.15, 0.2) is 125 Å². The molecule has 2 atom stereocenters. The molecule has 2 N–H and O–H groups in total. The molecule has 13 heteroatoms. The molecule has 6 rings (SSSR count). The zero-order chi connectivity index (χ0) is 34.6. The van der Waals surface area contributed by atoms with Crippen molar-refractivity contribution in [2.24, 2.45) is 5.16 Å². The van der Waals surface area contributed by atoms with Gasteiger partial charge in [-0.3, -0.25) is 19.3 Å². The number of esters is 1. The van der Waals surface area contributed by atoms with E-state index in [0.717, 1.165) is 21.6 Å². The third-order valence-electron chi connectivity index (χ3n) is 8.17. The van der Waals surface area contributed by atoms with Crippen molar-refractivity contribution in [3.8, 4) is 0 Å². The maximum absolute atomic E-state index is 14.3. The maximum atomic E-state index is 14.3. The van der Waals surface area contributed by atoms with E-state index in [-0.39, 0.29) is 29.3 Å². The monoisotopic (exact) mass is 697 g/mol. The number of carboxylic acids is 1. The Morgan fingerprint density at radius 1 is 0.939 bits per heavy atom. The molecule has 2 aliphatic heterocycles. The van der Waals surface area contributed by atoms with Crippen molar-refractivity contribution in [3.05, 3.63) is 141 Å². The van der Waals surface area contributed by atoms with E-state index < -0.39 is 40.5 Å². The lowest BCUT2D eigenvalue weighted by Crippen LogP contribution is -2.81. The third-order valence-corrected chi connectivity index (χ3v) is 10.4. The average Bonchev–Trinajstić information content (AvgIpc) is 3.66. The van der Waals surface area contributed by atoms with Gasteiger partial charge in [-0.05, 0) is 11.4 Å². The van der Waals surface area contributed by atoms with Crippen LogP contribution in [-0.4, -0.2) is 70.0 Å². The molecule has 250 valence electrons. The molecule has 0 saturated carbocycles. The van der Waals surface area contributed by atoms with Crippen molar-refractivity contribution in [2.45, 2.75) is 23.6 Å². The number of nitrogens with one attached hydrogen (secondary N) is 1. The van der Waals surface area contributed by atoms with Crippen LogP contribution >= 0.6 is 23.1 Å². The number of rotatable bonds is 12. The SMILES string of the molecule is CO[C@]1(NC(=O)C(=NOC(c2ccccc2)(c2ccccc2)c2ccccc2)c2cccs2)C(=O)N2C(C(=O)O)=C(COC(C)=O)CS[C@@H]21. The van der Waals surface area contributed by atoms with Crippen LogP contribution in [0.1, 0.15) is 28.5 Å². The Bertz CT molecular complexity index is 1820. The topological polar surface area (TPSA) is 144 Å². The molecule has 0 spiro atoms. The van der Waals surface area contributed by atoms with Crippen LogP contribution in [-0.2, 0) is 39.1 Å². The number of ether oxygens (including phenoxy) is 2. The Balaban J connectivity index is 1.39. The van der Waals surface area contributed by atoms with E-state index in [1.54, 1.807) is 17.5 Å². The number of β-lactam (4-membered cyclic amide) rings is 1. The first-order chi connectivity index (χ1) is 23.7. The number of thioether (sulfide) groups is 1. The summed E-state index contributed by atoms with van der Waals surface area (Å²) < 4.78 is 10.7. The van der Waals surface area contributed by atoms with Crippen molar-refractivity contribution in [3.63, 3.8) is 0 Å². The molecule has 0 bridgehead atoms. The molecule has 4 aromatic rings. The number of hydrogen-bond acceptors (Lipinski definition) is 10. The fraction of sp³-hybridized carbons (Fsp3) is 0.194. The quantitative estimate of drug-likeness (QED) is 0.0536. The Labute approximate surface area is 290 Å². The van der Waals surface area contributed by atoms with Crippen LogP contribution in [0, 0.1) is 0 Å². The lowest BCUT2D eigenvalue weighted by molar-refractivity contribution is -0.191. The summed E-state index contributed by atoms with van der Waals surface area (Å²) in [5.41, 5.74) is -1.09. The van der Waals surface area contributed by atoms with Crippen LogP contribution in [0.4, 0.5) is 0 Å². The number of oxime groups is 1. The fourth-order valence-corrected chi connectivity index (χ4v) is 8.00. The van der Waals surface area contributed by atoms with E-state index in [1.807, 2.05) is 91.0 Å². The summed E-state index contributed by atoms with van der Waals surface area (Å²) in [4.78, 5) is 59.8. The molecule has 0 aliphatic carbocycles. The summed E-state index contributed by atoms with van der Waals surface area (Å²) in [5, 5.41) is 18.1. The van der Waals surface area contributed by atoms with Crippen LogP contribution in [0.5, 0.6) is 0 Å². The van der Waals surface area contributed by atoms with E-state index in [2.05, 4.69) is 10.5 Å². The van der Waals surface area contributed by atoms with Crippen LogP contribution in [0.2, 0.25) is 0 Å². The van der Waals surface area contributed by atoms with Gasteiger partial charge in [0.05, 0.1) is 4.88 Å². The van der Waals surface area contributed by atoms with Gasteiger partial charge in [-0.15, -0.1) is 23.1 Å². The predicted molar refractivity (Wildman–Crippen MR) is 183 cm³/mol. The Morgan fingerprint density at radius 2 is 1.51 bits per heavy atom. The van der Waals surface area contributed by atoms with Crippen molar-refractivity contribution < 1.29 is 38.6 Å². The first-order valence-electron chi connectivity index (χ1n) is 15.1. The lowest BCUT2D eigenvalue weighted by atomic mass is 9.80. The van der Waals surface area contributed by atoms with E-state index in [9.17, 15) is 24.3 Å². The molecular formula is C36H31N3O8S2. The minimum Gasteiger partial charge on any atom is -0.477 e. The van der Waals surface area contributed by atoms with Gasteiger partial charge in [-0.25, -0.2) is 4.79 Å². The number of benzene rings is 3. The first kappa shape index (κ1) is 33.7. The average molecular weight is 698 g/mol. The molecule has 0 radical (unpaired) electrons. The molecule has 0 unspecified atom stereocenters. The third kappa shape index (κ3) is 6.12. The molecule has 49 heavy (non-hydrogen) atoms. The number of carbonyl (C=O) groups is 4.